The van der Waals surface area contributed by atoms with Crippen molar-refractivity contribution in [2.45, 2.75) is 52.3 Å². The highest BCUT2D eigenvalue weighted by Crippen LogP contribution is 2.24. The fourth-order valence-electron chi connectivity index (χ4n) is 3.45. The fourth-order valence-corrected chi connectivity index (χ4v) is 3.45. The number of aliphatic imine (C=N–C) groups is 1. The van der Waals surface area contributed by atoms with Gasteiger partial charge in [0.1, 0.15) is 11.9 Å². The number of aryl methyl sites for hydroxylation is 2. The number of aromatic nitrogens is 1. The first-order valence-electron chi connectivity index (χ1n) is 11.2. The molecule has 3 rings (SSSR count). The summed E-state index contributed by atoms with van der Waals surface area (Å²) in [5.74, 6) is 1.68. The van der Waals surface area contributed by atoms with Crippen LogP contribution in [0.5, 0.6) is 5.75 Å². The second-order valence-electron chi connectivity index (χ2n) is 7.78. The van der Waals surface area contributed by atoms with Crippen LogP contribution in [0, 0.1) is 6.92 Å². The van der Waals surface area contributed by atoms with Crippen LogP contribution in [0.25, 0.3) is 0 Å². The molecule has 0 bridgehead atoms. The van der Waals surface area contributed by atoms with E-state index >= 15 is 0 Å². The van der Waals surface area contributed by atoms with Crippen LogP contribution in [0.4, 0.5) is 0 Å². The Morgan fingerprint density at radius 3 is 2.94 bits per heavy atom. The molecule has 7 heteroatoms. The van der Waals surface area contributed by atoms with Gasteiger partial charge in [0.25, 0.3) is 0 Å². The summed E-state index contributed by atoms with van der Waals surface area (Å²) in [5, 5.41) is 6.68. The van der Waals surface area contributed by atoms with E-state index in [2.05, 4.69) is 42.7 Å². The van der Waals surface area contributed by atoms with Crippen molar-refractivity contribution in [1.29, 1.82) is 0 Å². The van der Waals surface area contributed by atoms with Crippen molar-refractivity contribution in [2.24, 2.45) is 4.99 Å². The van der Waals surface area contributed by atoms with Gasteiger partial charge in [0.15, 0.2) is 5.96 Å². The molecule has 0 amide bonds. The van der Waals surface area contributed by atoms with Gasteiger partial charge in [-0.05, 0) is 44.4 Å². The predicted octanol–water partition coefficient (Wildman–Crippen LogP) is 2.86. The van der Waals surface area contributed by atoms with Crippen molar-refractivity contribution in [3.05, 3.63) is 64.1 Å². The Kier molecular flexibility index (Phi) is 8.97. The van der Waals surface area contributed by atoms with Crippen molar-refractivity contribution in [2.75, 3.05) is 26.3 Å². The summed E-state index contributed by atoms with van der Waals surface area (Å²) in [4.78, 5) is 16.5. The van der Waals surface area contributed by atoms with E-state index in [4.69, 9.17) is 14.5 Å². The number of rotatable bonds is 10. The van der Waals surface area contributed by atoms with Crippen LogP contribution in [0.3, 0.4) is 0 Å². The van der Waals surface area contributed by atoms with Crippen LogP contribution < -0.4 is 20.9 Å². The molecule has 2 N–H and O–H groups in total. The normalized spacial score (nSPS) is 16.3. The Bertz CT molecular complexity index is 904. The number of guanidine groups is 1. The number of ether oxygens (including phenoxy) is 2. The second-order valence-corrected chi connectivity index (χ2v) is 7.78. The zero-order chi connectivity index (χ0) is 21.9. The molecule has 1 saturated heterocycles. The monoisotopic (exact) mass is 426 g/mol. The van der Waals surface area contributed by atoms with E-state index in [-0.39, 0.29) is 11.7 Å². The van der Waals surface area contributed by atoms with Gasteiger partial charge >= 0.3 is 0 Å². The topological polar surface area (TPSA) is 76.9 Å². The minimum atomic E-state index is 0.0469. The average molecular weight is 427 g/mol. The molecule has 1 aromatic carbocycles. The lowest BCUT2D eigenvalue weighted by Gasteiger charge is -2.16. The lowest BCUT2D eigenvalue weighted by molar-refractivity contribution is 0.140. The number of nitrogens with zero attached hydrogens (tertiary/aromatic N) is 2. The lowest BCUT2D eigenvalue weighted by Crippen LogP contribution is -2.37. The first-order chi connectivity index (χ1) is 15.2. The van der Waals surface area contributed by atoms with Gasteiger partial charge in [-0.25, -0.2) is 4.99 Å². The zero-order valence-electron chi connectivity index (χ0n) is 18.6. The Balaban J connectivity index is 1.52. The van der Waals surface area contributed by atoms with E-state index in [0.29, 0.717) is 13.2 Å². The second kappa shape index (κ2) is 12.2. The molecule has 1 atom stereocenters. The Morgan fingerprint density at radius 1 is 1.26 bits per heavy atom. The van der Waals surface area contributed by atoms with E-state index in [1.165, 1.54) is 5.56 Å². The highest BCUT2D eigenvalue weighted by molar-refractivity contribution is 5.79. The van der Waals surface area contributed by atoms with Crippen molar-refractivity contribution in [3.8, 4) is 5.75 Å². The highest BCUT2D eigenvalue weighted by atomic mass is 16.5. The van der Waals surface area contributed by atoms with Crippen LogP contribution >= 0.6 is 0 Å². The summed E-state index contributed by atoms with van der Waals surface area (Å²) in [6.45, 7) is 8.39. The average Bonchev–Trinajstić information content (AvgIpc) is 3.27. The number of nitrogens with one attached hydrogen (secondary N) is 2. The molecule has 0 aliphatic carbocycles. The number of unbranched alkanes of at least 4 members (excludes halogenated alkanes) is 1. The highest BCUT2D eigenvalue weighted by Gasteiger charge is 2.18. The van der Waals surface area contributed by atoms with Crippen molar-refractivity contribution < 1.29 is 9.47 Å². The molecule has 168 valence electrons. The van der Waals surface area contributed by atoms with Gasteiger partial charge in [-0.2, -0.15) is 0 Å². The van der Waals surface area contributed by atoms with Gasteiger partial charge in [0.2, 0.25) is 5.56 Å². The van der Waals surface area contributed by atoms with Crippen LogP contribution in [0.2, 0.25) is 0 Å². The van der Waals surface area contributed by atoms with Crippen LogP contribution in [0.1, 0.15) is 37.3 Å². The molecule has 0 saturated carbocycles. The predicted molar refractivity (Wildman–Crippen MR) is 124 cm³/mol. The number of hydrogen-bond donors (Lipinski definition) is 2. The smallest absolute Gasteiger partial charge is 0.250 e. The summed E-state index contributed by atoms with van der Waals surface area (Å²) in [6.07, 6.45) is 4.76. The van der Waals surface area contributed by atoms with E-state index < -0.39 is 0 Å². The molecule has 7 nitrogen and oxygen atoms in total. The molecule has 1 fully saturated rings. The molecule has 2 aromatic rings. The Labute approximate surface area is 184 Å². The summed E-state index contributed by atoms with van der Waals surface area (Å²) in [5.41, 5.74) is 2.29. The van der Waals surface area contributed by atoms with Crippen molar-refractivity contribution in [3.63, 3.8) is 0 Å². The van der Waals surface area contributed by atoms with Gasteiger partial charge in [-0.15, -0.1) is 0 Å². The standard InChI is InChI=1S/C24H34N4O3/c1-3-25-24(26-12-5-7-14-28-13-6-4-8-23(28)29)27-17-20-10-9-19(2)16-22(20)31-21-11-15-30-18-21/h4,6,8-10,13,16,21H,3,5,7,11-12,14-15,17-18H2,1-2H3,(H2,25,26,27). The van der Waals surface area contributed by atoms with E-state index in [9.17, 15) is 4.79 Å². The summed E-state index contributed by atoms with van der Waals surface area (Å²) >= 11 is 0. The van der Waals surface area contributed by atoms with Crippen molar-refractivity contribution in [1.82, 2.24) is 15.2 Å². The minimum Gasteiger partial charge on any atom is -0.488 e. The number of pyridine rings is 1. The van der Waals surface area contributed by atoms with E-state index in [1.807, 2.05) is 12.3 Å². The Morgan fingerprint density at radius 2 is 2.16 bits per heavy atom. The molecule has 2 heterocycles. The lowest BCUT2D eigenvalue weighted by atomic mass is 10.1. The molecule has 31 heavy (non-hydrogen) atoms. The zero-order valence-corrected chi connectivity index (χ0v) is 18.6. The summed E-state index contributed by atoms with van der Waals surface area (Å²) in [6, 6.07) is 11.5. The van der Waals surface area contributed by atoms with Crippen molar-refractivity contribution >= 4 is 5.96 Å². The SMILES string of the molecule is CCNC(=NCc1ccc(C)cc1OC1CCOC1)NCCCCn1ccccc1=O. The number of hydrogen-bond acceptors (Lipinski definition) is 4. The maximum absolute atomic E-state index is 11.8. The van der Waals surface area contributed by atoms with Crippen LogP contribution in [-0.2, 0) is 17.8 Å². The first-order valence-corrected chi connectivity index (χ1v) is 11.2. The third kappa shape index (κ3) is 7.43. The quantitative estimate of drug-likeness (QED) is 0.347. The van der Waals surface area contributed by atoms with Gasteiger partial charge < -0.3 is 24.7 Å². The number of benzene rings is 1. The first kappa shape index (κ1) is 22.9. The molecular weight excluding hydrogens is 392 g/mol. The molecule has 1 aromatic heterocycles. The van der Waals surface area contributed by atoms with Gasteiger partial charge in [-0.3, -0.25) is 4.79 Å². The maximum Gasteiger partial charge on any atom is 0.250 e. The largest absolute Gasteiger partial charge is 0.488 e. The van der Waals surface area contributed by atoms with E-state index in [0.717, 1.165) is 62.8 Å². The minimum absolute atomic E-state index is 0.0469. The third-order valence-electron chi connectivity index (χ3n) is 5.17. The molecule has 0 spiro atoms. The van der Waals surface area contributed by atoms with E-state index in [1.54, 1.807) is 16.7 Å². The molecule has 1 aliphatic rings. The summed E-state index contributed by atoms with van der Waals surface area (Å²) < 4.78 is 13.4. The summed E-state index contributed by atoms with van der Waals surface area (Å²) in [7, 11) is 0. The fraction of sp³-hybridized carbons (Fsp3) is 0.500. The molecule has 1 aliphatic heterocycles. The third-order valence-corrected chi connectivity index (χ3v) is 5.17. The van der Waals surface area contributed by atoms with Gasteiger partial charge in [0, 0.05) is 43.9 Å². The Hall–Kier alpha value is -2.80. The molecule has 0 radical (unpaired) electrons. The van der Waals surface area contributed by atoms with Crippen LogP contribution in [-0.4, -0.2) is 42.9 Å². The maximum atomic E-state index is 11.8. The van der Waals surface area contributed by atoms with Gasteiger partial charge in [-0.1, -0.05) is 18.2 Å². The van der Waals surface area contributed by atoms with Gasteiger partial charge in [0.05, 0.1) is 19.8 Å². The molecule has 1 unspecified atom stereocenters. The molecular formula is C24H34N4O3. The van der Waals surface area contributed by atoms with Crippen LogP contribution in [0.15, 0.2) is 52.4 Å².